The highest BCUT2D eigenvalue weighted by molar-refractivity contribution is 7.80. The molecule has 132 valence electrons. The van der Waals surface area contributed by atoms with Crippen molar-refractivity contribution in [3.05, 3.63) is 54.6 Å². The summed E-state index contributed by atoms with van der Waals surface area (Å²) in [5.41, 5.74) is 0.798. The monoisotopic (exact) mass is 361 g/mol. The highest BCUT2D eigenvalue weighted by Crippen LogP contribution is 2.14. The van der Waals surface area contributed by atoms with E-state index in [1.54, 1.807) is 37.3 Å². The molecule has 8 heteroatoms. The smallest absolute Gasteiger partial charge is 0.330 e. The predicted octanol–water partition coefficient (Wildman–Crippen LogP) is 1.53. The molecule has 0 fully saturated rings. The van der Waals surface area contributed by atoms with E-state index >= 15 is 0 Å². The van der Waals surface area contributed by atoms with Crippen LogP contribution in [0, 0.1) is 0 Å². The van der Waals surface area contributed by atoms with E-state index in [1.165, 1.54) is 0 Å². The summed E-state index contributed by atoms with van der Waals surface area (Å²) in [5, 5.41) is 7.79. The van der Waals surface area contributed by atoms with Crippen molar-refractivity contribution in [3.63, 3.8) is 0 Å². The van der Waals surface area contributed by atoms with E-state index in [9.17, 15) is 14.4 Å². The van der Waals surface area contributed by atoms with E-state index in [4.69, 9.17) is 12.2 Å². The van der Waals surface area contributed by atoms with Gasteiger partial charge in [0.2, 0.25) is 5.91 Å². The average molecular weight is 361 g/mol. The molecule has 3 N–H and O–H groups in total. The number of esters is 1. The van der Waals surface area contributed by atoms with Crippen LogP contribution in [-0.2, 0) is 14.3 Å². The van der Waals surface area contributed by atoms with Gasteiger partial charge in [0.15, 0.2) is 5.11 Å². The summed E-state index contributed by atoms with van der Waals surface area (Å²) < 4.78 is 4.66. The zero-order valence-electron chi connectivity index (χ0n) is 13.7. The third-order valence-corrected chi connectivity index (χ3v) is 2.93. The maximum absolute atomic E-state index is 12.1. The molecule has 2 amide bonds. The summed E-state index contributed by atoms with van der Waals surface area (Å²) in [7, 11) is 0. The average Bonchev–Trinajstić information content (AvgIpc) is 2.58. The van der Waals surface area contributed by atoms with Gasteiger partial charge in [0.25, 0.3) is 5.91 Å². The maximum Gasteiger partial charge on any atom is 0.330 e. The van der Waals surface area contributed by atoms with Crippen molar-refractivity contribution < 1.29 is 19.1 Å². The molecule has 0 unspecified atom stereocenters. The molecule has 0 aliphatic rings. The highest BCUT2D eigenvalue weighted by Gasteiger charge is 2.11. The number of carbonyl (C=O) groups is 3. The molecular weight excluding hydrogens is 342 g/mol. The second kappa shape index (κ2) is 10.7. The van der Waals surface area contributed by atoms with E-state index < -0.39 is 11.9 Å². The summed E-state index contributed by atoms with van der Waals surface area (Å²) in [4.78, 5) is 34.9. The molecule has 0 spiro atoms. The molecule has 1 rings (SSSR count). The number of rotatable bonds is 7. The van der Waals surface area contributed by atoms with Crippen LogP contribution >= 0.6 is 12.2 Å². The van der Waals surface area contributed by atoms with Gasteiger partial charge in [-0.1, -0.05) is 18.2 Å². The topological polar surface area (TPSA) is 96.5 Å². The Morgan fingerprint density at radius 2 is 1.96 bits per heavy atom. The molecule has 0 radical (unpaired) electrons. The normalized spacial score (nSPS) is 9.96. The van der Waals surface area contributed by atoms with Crippen LogP contribution in [-0.4, -0.2) is 36.0 Å². The summed E-state index contributed by atoms with van der Waals surface area (Å²) in [6.45, 7) is 5.74. The zero-order valence-corrected chi connectivity index (χ0v) is 14.5. The Bertz CT molecular complexity index is 701. The minimum absolute atomic E-state index is 0.0116. The van der Waals surface area contributed by atoms with E-state index in [0.29, 0.717) is 17.8 Å². The fourth-order valence-corrected chi connectivity index (χ4v) is 1.90. The second-order valence-corrected chi connectivity index (χ2v) is 4.98. The van der Waals surface area contributed by atoms with Crippen molar-refractivity contribution in [3.8, 4) is 0 Å². The Morgan fingerprint density at radius 1 is 1.24 bits per heavy atom. The Labute approximate surface area is 151 Å². The first kappa shape index (κ1) is 20.0. The van der Waals surface area contributed by atoms with Crippen LogP contribution in [0.4, 0.5) is 5.69 Å². The fourth-order valence-electron chi connectivity index (χ4n) is 1.69. The van der Waals surface area contributed by atoms with Crippen molar-refractivity contribution in [2.24, 2.45) is 0 Å². The molecule has 0 aliphatic heterocycles. The lowest BCUT2D eigenvalue weighted by atomic mass is 10.1. The van der Waals surface area contributed by atoms with Gasteiger partial charge in [-0.05, 0) is 31.3 Å². The number of amides is 2. The van der Waals surface area contributed by atoms with Gasteiger partial charge in [-0.3, -0.25) is 14.9 Å². The Morgan fingerprint density at radius 3 is 2.64 bits per heavy atom. The zero-order chi connectivity index (χ0) is 18.7. The molecule has 0 atom stereocenters. The number of anilines is 1. The molecule has 0 heterocycles. The van der Waals surface area contributed by atoms with Gasteiger partial charge in [0.1, 0.15) is 0 Å². The summed E-state index contributed by atoms with van der Waals surface area (Å²) in [5.74, 6) is -1.53. The molecule has 0 saturated heterocycles. The number of hydrogen-bond donors (Lipinski definition) is 3. The number of carbonyl (C=O) groups excluding carboxylic acids is 3. The largest absolute Gasteiger partial charge is 0.463 e. The molecular formula is C17H19N3O4S. The number of nitrogens with one attached hydrogen (secondary N) is 3. The van der Waals surface area contributed by atoms with Crippen molar-refractivity contribution in [2.45, 2.75) is 6.92 Å². The maximum atomic E-state index is 12.1. The fraction of sp³-hybridized carbons (Fsp3) is 0.176. The lowest BCUT2D eigenvalue weighted by Gasteiger charge is -2.12. The molecule has 0 aliphatic carbocycles. The van der Waals surface area contributed by atoms with Crippen LogP contribution in [0.5, 0.6) is 0 Å². The SMILES string of the molecule is C=CCNC(=O)c1ccccc1NC(=S)NC(=O)/C=C/C(=O)OCC. The van der Waals surface area contributed by atoms with Gasteiger partial charge < -0.3 is 15.4 Å². The van der Waals surface area contributed by atoms with Crippen LogP contribution in [0.2, 0.25) is 0 Å². The first-order valence-corrected chi connectivity index (χ1v) is 7.83. The molecule has 0 saturated carbocycles. The third-order valence-electron chi connectivity index (χ3n) is 2.72. The standard InChI is InChI=1S/C17H19N3O4S/c1-3-11-18-16(23)12-7-5-6-8-13(12)19-17(25)20-14(21)9-10-15(22)24-4-2/h3,5-10H,1,4,11H2,2H3,(H,18,23)(H2,19,20,21,25)/b10-9+. The Balaban J connectivity index is 2.68. The van der Waals surface area contributed by atoms with Crippen LogP contribution in [0.25, 0.3) is 0 Å². The van der Waals surface area contributed by atoms with Crippen LogP contribution in [0.3, 0.4) is 0 Å². The van der Waals surface area contributed by atoms with Crippen molar-refractivity contribution in [1.82, 2.24) is 10.6 Å². The van der Waals surface area contributed by atoms with E-state index in [0.717, 1.165) is 12.2 Å². The predicted molar refractivity (Wildman–Crippen MR) is 99.1 cm³/mol. The highest BCUT2D eigenvalue weighted by atomic mass is 32.1. The third kappa shape index (κ3) is 7.40. The minimum atomic E-state index is -0.624. The van der Waals surface area contributed by atoms with Gasteiger partial charge in [-0.2, -0.15) is 0 Å². The first-order valence-electron chi connectivity index (χ1n) is 7.42. The minimum Gasteiger partial charge on any atom is -0.463 e. The summed E-state index contributed by atoms with van der Waals surface area (Å²) in [6, 6.07) is 6.69. The number of ether oxygens (including phenoxy) is 1. The van der Waals surface area contributed by atoms with Gasteiger partial charge in [0, 0.05) is 18.7 Å². The lowest BCUT2D eigenvalue weighted by Crippen LogP contribution is -2.34. The summed E-state index contributed by atoms with van der Waals surface area (Å²) >= 11 is 5.04. The molecule has 1 aromatic carbocycles. The van der Waals surface area contributed by atoms with Gasteiger partial charge in [-0.25, -0.2) is 4.79 Å². The molecule has 7 nitrogen and oxygen atoms in total. The summed E-state index contributed by atoms with van der Waals surface area (Å²) in [6.07, 6.45) is 3.57. The second-order valence-electron chi connectivity index (χ2n) is 4.57. The van der Waals surface area contributed by atoms with Crippen LogP contribution < -0.4 is 16.0 Å². The van der Waals surface area contributed by atoms with E-state index in [2.05, 4.69) is 27.3 Å². The number of hydrogen-bond acceptors (Lipinski definition) is 5. The molecule has 0 bridgehead atoms. The quantitative estimate of drug-likeness (QED) is 0.295. The molecule has 0 aromatic heterocycles. The van der Waals surface area contributed by atoms with E-state index in [1.807, 2.05) is 0 Å². The van der Waals surface area contributed by atoms with E-state index in [-0.39, 0.29) is 17.6 Å². The van der Waals surface area contributed by atoms with Crippen LogP contribution in [0.15, 0.2) is 49.1 Å². The van der Waals surface area contributed by atoms with Crippen molar-refractivity contribution in [2.75, 3.05) is 18.5 Å². The lowest BCUT2D eigenvalue weighted by molar-refractivity contribution is -0.137. The van der Waals surface area contributed by atoms with Crippen LogP contribution in [0.1, 0.15) is 17.3 Å². The van der Waals surface area contributed by atoms with Crippen molar-refractivity contribution >= 4 is 40.8 Å². The Kier molecular flexibility index (Phi) is 8.59. The number of benzene rings is 1. The number of thiocarbonyl (C=S) groups is 1. The number of para-hydroxylation sites is 1. The van der Waals surface area contributed by atoms with Gasteiger partial charge in [0.05, 0.1) is 17.9 Å². The Hall–Kier alpha value is -3.00. The molecule has 1 aromatic rings. The molecule has 25 heavy (non-hydrogen) atoms. The van der Waals surface area contributed by atoms with Crippen molar-refractivity contribution in [1.29, 1.82) is 0 Å². The van der Waals surface area contributed by atoms with Gasteiger partial charge in [-0.15, -0.1) is 6.58 Å². The van der Waals surface area contributed by atoms with Gasteiger partial charge >= 0.3 is 5.97 Å². The first-order chi connectivity index (χ1) is 12.0.